The average molecular weight is 191 g/mol. The van der Waals surface area contributed by atoms with Crippen LogP contribution in [0.1, 0.15) is 53.9 Å². The maximum atomic E-state index is 6.46. The topological polar surface area (TPSA) is 0 Å². The van der Waals surface area contributed by atoms with Crippen LogP contribution in [-0.2, 0) is 0 Å². The van der Waals surface area contributed by atoms with Gasteiger partial charge in [0.25, 0.3) is 0 Å². The lowest BCUT2D eigenvalue weighted by atomic mass is 9.82. The third-order valence-electron chi connectivity index (χ3n) is 3.08. The Hall–Kier alpha value is 0.290. The maximum Gasteiger partial charge on any atom is 0.0467 e. The zero-order valence-corrected chi connectivity index (χ0v) is 9.91. The van der Waals surface area contributed by atoms with E-state index in [0.717, 1.165) is 0 Å². The first-order chi connectivity index (χ1) is 5.42. The van der Waals surface area contributed by atoms with Gasteiger partial charge >= 0.3 is 0 Å². The molecule has 0 radical (unpaired) electrons. The molecule has 0 aromatic rings. The highest BCUT2D eigenvalue weighted by atomic mass is 35.5. The maximum absolute atomic E-state index is 6.46. The predicted octanol–water partition coefficient (Wildman–Crippen LogP) is 4.47. The molecule has 0 aliphatic rings. The van der Waals surface area contributed by atoms with Gasteiger partial charge in [-0.05, 0) is 25.2 Å². The second kappa shape index (κ2) is 5.11. The van der Waals surface area contributed by atoms with Gasteiger partial charge in [0.1, 0.15) is 0 Å². The molecule has 0 N–H and O–H groups in total. The fraction of sp³-hybridized carbons (Fsp3) is 1.00. The lowest BCUT2D eigenvalue weighted by Crippen LogP contribution is -2.32. The Morgan fingerprint density at radius 2 is 1.75 bits per heavy atom. The fourth-order valence-corrected chi connectivity index (χ4v) is 1.47. The molecule has 0 bridgehead atoms. The van der Waals surface area contributed by atoms with E-state index in [1.165, 1.54) is 19.3 Å². The van der Waals surface area contributed by atoms with Gasteiger partial charge in [-0.1, -0.05) is 40.5 Å². The molecular weight excluding hydrogens is 168 g/mol. The van der Waals surface area contributed by atoms with Crippen molar-refractivity contribution in [1.29, 1.82) is 0 Å². The van der Waals surface area contributed by atoms with Gasteiger partial charge in [0.2, 0.25) is 0 Å². The molecule has 0 aliphatic carbocycles. The van der Waals surface area contributed by atoms with Crippen LogP contribution in [0.3, 0.4) is 0 Å². The van der Waals surface area contributed by atoms with Gasteiger partial charge in [0.15, 0.2) is 0 Å². The summed E-state index contributed by atoms with van der Waals surface area (Å²) in [4.78, 5) is -0.0187. The zero-order chi connectivity index (χ0) is 9.78. The number of rotatable bonds is 5. The highest BCUT2D eigenvalue weighted by Gasteiger charge is 2.31. The quantitative estimate of drug-likeness (QED) is 0.562. The van der Waals surface area contributed by atoms with E-state index in [1.807, 2.05) is 0 Å². The van der Waals surface area contributed by atoms with Crippen LogP contribution in [0.25, 0.3) is 0 Å². The molecule has 0 saturated carbocycles. The Morgan fingerprint density at radius 3 is 2.08 bits per heavy atom. The third kappa shape index (κ3) is 3.35. The van der Waals surface area contributed by atoms with Gasteiger partial charge in [0.05, 0.1) is 0 Å². The van der Waals surface area contributed by atoms with Gasteiger partial charge in [-0.2, -0.15) is 0 Å². The lowest BCUT2D eigenvalue weighted by Gasteiger charge is -2.33. The first kappa shape index (κ1) is 12.3. The van der Waals surface area contributed by atoms with Gasteiger partial charge in [-0.25, -0.2) is 0 Å². The van der Waals surface area contributed by atoms with E-state index in [4.69, 9.17) is 11.6 Å². The molecule has 2 unspecified atom stereocenters. The molecule has 0 heterocycles. The molecule has 0 nitrogen and oxygen atoms in total. The Labute approximate surface area is 82.7 Å². The standard InChI is InChI=1S/C11H23Cl/c1-6-7-8-10(4)11(5,12)9(2)3/h9-10H,6-8H2,1-5H3. The second-order valence-corrected chi connectivity index (χ2v) is 5.16. The second-order valence-electron chi connectivity index (χ2n) is 4.35. The molecule has 2 atom stereocenters. The molecule has 0 spiro atoms. The first-order valence-corrected chi connectivity index (χ1v) is 5.49. The van der Waals surface area contributed by atoms with Crippen molar-refractivity contribution in [2.75, 3.05) is 0 Å². The van der Waals surface area contributed by atoms with Crippen molar-refractivity contribution in [3.05, 3.63) is 0 Å². The van der Waals surface area contributed by atoms with Gasteiger partial charge in [0, 0.05) is 4.87 Å². The van der Waals surface area contributed by atoms with Crippen LogP contribution >= 0.6 is 11.6 Å². The van der Waals surface area contributed by atoms with E-state index in [2.05, 4.69) is 34.6 Å². The molecule has 0 amide bonds. The normalized spacial score (nSPS) is 19.2. The van der Waals surface area contributed by atoms with Crippen molar-refractivity contribution in [3.63, 3.8) is 0 Å². The van der Waals surface area contributed by atoms with E-state index in [-0.39, 0.29) is 4.87 Å². The smallest absolute Gasteiger partial charge is 0.0467 e. The Kier molecular flexibility index (Phi) is 5.24. The van der Waals surface area contributed by atoms with E-state index in [0.29, 0.717) is 11.8 Å². The van der Waals surface area contributed by atoms with E-state index < -0.39 is 0 Å². The minimum atomic E-state index is -0.0187. The van der Waals surface area contributed by atoms with Crippen LogP contribution < -0.4 is 0 Å². The summed E-state index contributed by atoms with van der Waals surface area (Å²) in [5.74, 6) is 1.19. The molecule has 1 heteroatoms. The number of hydrogen-bond acceptors (Lipinski definition) is 0. The third-order valence-corrected chi connectivity index (χ3v) is 3.89. The molecule has 0 rings (SSSR count). The molecule has 0 aliphatic heterocycles. The van der Waals surface area contributed by atoms with Gasteiger partial charge in [-0.3, -0.25) is 0 Å². The lowest BCUT2D eigenvalue weighted by molar-refractivity contribution is 0.309. The van der Waals surface area contributed by atoms with Gasteiger partial charge in [-0.15, -0.1) is 11.6 Å². The van der Waals surface area contributed by atoms with Crippen LogP contribution in [0.15, 0.2) is 0 Å². The Morgan fingerprint density at radius 1 is 1.25 bits per heavy atom. The van der Waals surface area contributed by atoms with E-state index >= 15 is 0 Å². The number of alkyl halides is 1. The number of halogens is 1. The van der Waals surface area contributed by atoms with Crippen molar-refractivity contribution in [1.82, 2.24) is 0 Å². The average Bonchev–Trinajstić information content (AvgIpc) is 1.99. The van der Waals surface area contributed by atoms with Crippen molar-refractivity contribution in [2.24, 2.45) is 11.8 Å². The number of hydrogen-bond donors (Lipinski definition) is 0. The van der Waals surface area contributed by atoms with E-state index in [9.17, 15) is 0 Å². The summed E-state index contributed by atoms with van der Waals surface area (Å²) >= 11 is 6.46. The highest BCUT2D eigenvalue weighted by molar-refractivity contribution is 6.24. The van der Waals surface area contributed by atoms with Crippen LogP contribution in [0.4, 0.5) is 0 Å². The minimum Gasteiger partial charge on any atom is -0.119 e. The van der Waals surface area contributed by atoms with Crippen molar-refractivity contribution < 1.29 is 0 Å². The molecule has 74 valence electrons. The summed E-state index contributed by atoms with van der Waals surface area (Å²) in [6.45, 7) is 11.1. The largest absolute Gasteiger partial charge is 0.119 e. The number of unbranched alkanes of at least 4 members (excludes halogenated alkanes) is 1. The summed E-state index contributed by atoms with van der Waals surface area (Å²) in [5, 5.41) is 0. The van der Waals surface area contributed by atoms with Crippen LogP contribution in [0, 0.1) is 11.8 Å². The fourth-order valence-electron chi connectivity index (χ4n) is 1.36. The summed E-state index contributed by atoms with van der Waals surface area (Å²) in [7, 11) is 0. The summed E-state index contributed by atoms with van der Waals surface area (Å²) in [6.07, 6.45) is 3.83. The first-order valence-electron chi connectivity index (χ1n) is 5.11. The summed E-state index contributed by atoms with van der Waals surface area (Å²) in [5.41, 5.74) is 0. The summed E-state index contributed by atoms with van der Waals surface area (Å²) in [6, 6.07) is 0. The highest BCUT2D eigenvalue weighted by Crippen LogP contribution is 2.35. The van der Waals surface area contributed by atoms with Crippen LogP contribution in [0.5, 0.6) is 0 Å². The van der Waals surface area contributed by atoms with Crippen LogP contribution in [0.2, 0.25) is 0 Å². The monoisotopic (exact) mass is 190 g/mol. The molecule has 0 aromatic heterocycles. The SMILES string of the molecule is CCCCC(C)C(C)(Cl)C(C)C. The molecule has 12 heavy (non-hydrogen) atoms. The molecular formula is C11H23Cl. The molecule has 0 aromatic carbocycles. The Bertz CT molecular complexity index is 116. The predicted molar refractivity (Wildman–Crippen MR) is 57.8 cm³/mol. The minimum absolute atomic E-state index is 0.0187. The molecule has 0 saturated heterocycles. The zero-order valence-electron chi connectivity index (χ0n) is 9.15. The van der Waals surface area contributed by atoms with Crippen molar-refractivity contribution in [2.45, 2.75) is 58.8 Å². The Balaban J connectivity index is 3.97. The summed E-state index contributed by atoms with van der Waals surface area (Å²) < 4.78 is 0. The van der Waals surface area contributed by atoms with Crippen LogP contribution in [-0.4, -0.2) is 4.87 Å². The van der Waals surface area contributed by atoms with E-state index in [1.54, 1.807) is 0 Å². The van der Waals surface area contributed by atoms with Crippen molar-refractivity contribution >= 4 is 11.6 Å². The molecule has 0 fully saturated rings. The van der Waals surface area contributed by atoms with Crippen molar-refractivity contribution in [3.8, 4) is 0 Å². The van der Waals surface area contributed by atoms with Gasteiger partial charge < -0.3 is 0 Å².